The maximum Gasteiger partial charge on any atom is 0.342 e. The van der Waals surface area contributed by atoms with Crippen LogP contribution < -0.4 is 4.74 Å². The van der Waals surface area contributed by atoms with Crippen LogP contribution in [0.1, 0.15) is 29.9 Å². The Hall–Kier alpha value is -4.30. The van der Waals surface area contributed by atoms with Crippen molar-refractivity contribution in [2.45, 2.75) is 20.3 Å². The zero-order valence-corrected chi connectivity index (χ0v) is 20.4. The van der Waals surface area contributed by atoms with Crippen LogP contribution in [0.25, 0.3) is 33.4 Å². The fraction of sp³-hybridized carbons (Fsp3) is 0.148. The summed E-state index contributed by atoms with van der Waals surface area (Å²) in [6.45, 7) is 3.97. The molecule has 0 saturated heterocycles. The molecule has 1 N–H and O–H groups in total. The van der Waals surface area contributed by atoms with Crippen molar-refractivity contribution in [3.8, 4) is 34.0 Å². The van der Waals surface area contributed by atoms with Gasteiger partial charge in [0.25, 0.3) is 0 Å². The standard InChI is InChI=1S/C27H22ClN5O3/c1-3-22-25(24(27(34)35-4-2)21-14-11-17(28)15-23(21)29-22)36-18-12-9-16(10-13-18)19-7-5-6-8-20(19)26-30-32-33-31-26/h5-15H,3-4H2,1-2H3,(H,30,31,32,33). The van der Waals surface area contributed by atoms with Crippen LogP contribution in [0.15, 0.2) is 66.7 Å². The van der Waals surface area contributed by atoms with Crippen LogP contribution in [-0.4, -0.2) is 38.2 Å². The van der Waals surface area contributed by atoms with E-state index in [0.717, 1.165) is 16.7 Å². The summed E-state index contributed by atoms with van der Waals surface area (Å²) in [6, 6.07) is 20.6. The number of aromatic nitrogens is 5. The van der Waals surface area contributed by atoms with Crippen LogP contribution in [0.4, 0.5) is 0 Å². The Balaban J connectivity index is 1.55. The number of hydrogen-bond acceptors (Lipinski definition) is 7. The van der Waals surface area contributed by atoms with Crippen molar-refractivity contribution in [2.75, 3.05) is 6.61 Å². The van der Waals surface area contributed by atoms with Crippen LogP contribution >= 0.6 is 11.6 Å². The summed E-state index contributed by atoms with van der Waals surface area (Å²) in [7, 11) is 0. The molecule has 0 aliphatic carbocycles. The SMILES string of the molecule is CCOC(=O)c1c(Oc2ccc(-c3ccccc3-c3nn[nH]n3)cc2)c(CC)nc2cc(Cl)ccc12. The Kier molecular flexibility index (Phi) is 6.60. The number of rotatable bonds is 7. The van der Waals surface area contributed by atoms with E-state index in [1.54, 1.807) is 25.1 Å². The van der Waals surface area contributed by atoms with E-state index in [2.05, 4.69) is 20.6 Å². The fourth-order valence-electron chi connectivity index (χ4n) is 4.05. The van der Waals surface area contributed by atoms with Gasteiger partial charge in [-0.3, -0.25) is 0 Å². The van der Waals surface area contributed by atoms with Crippen LogP contribution in [0.2, 0.25) is 5.02 Å². The van der Waals surface area contributed by atoms with Gasteiger partial charge in [-0.2, -0.15) is 5.21 Å². The summed E-state index contributed by atoms with van der Waals surface area (Å²) in [4.78, 5) is 17.7. The van der Waals surface area contributed by atoms with E-state index >= 15 is 0 Å². The van der Waals surface area contributed by atoms with Gasteiger partial charge in [0.2, 0.25) is 5.82 Å². The Morgan fingerprint density at radius 2 is 1.78 bits per heavy atom. The van der Waals surface area contributed by atoms with Crippen molar-refractivity contribution >= 4 is 28.5 Å². The molecule has 2 heterocycles. The number of aryl methyl sites for hydroxylation is 1. The van der Waals surface area contributed by atoms with Crippen molar-refractivity contribution in [1.29, 1.82) is 0 Å². The third-order valence-electron chi connectivity index (χ3n) is 5.69. The minimum Gasteiger partial charge on any atom is -0.462 e. The summed E-state index contributed by atoms with van der Waals surface area (Å²) < 4.78 is 11.7. The summed E-state index contributed by atoms with van der Waals surface area (Å²) in [5.41, 5.74) is 4.35. The molecule has 2 aromatic heterocycles. The highest BCUT2D eigenvalue weighted by molar-refractivity contribution is 6.31. The lowest BCUT2D eigenvalue weighted by atomic mass is 9.99. The molecule has 0 aliphatic heterocycles. The molecule has 36 heavy (non-hydrogen) atoms. The van der Waals surface area contributed by atoms with Crippen LogP contribution in [0.3, 0.4) is 0 Å². The topological polar surface area (TPSA) is 103 Å². The summed E-state index contributed by atoms with van der Waals surface area (Å²) >= 11 is 6.19. The minimum absolute atomic E-state index is 0.242. The highest BCUT2D eigenvalue weighted by Crippen LogP contribution is 2.37. The van der Waals surface area contributed by atoms with E-state index in [9.17, 15) is 4.79 Å². The van der Waals surface area contributed by atoms with E-state index < -0.39 is 5.97 Å². The summed E-state index contributed by atoms with van der Waals surface area (Å²) in [6.07, 6.45) is 0.556. The number of aromatic amines is 1. The second-order valence-corrected chi connectivity index (χ2v) is 8.34. The normalized spacial score (nSPS) is 11.0. The summed E-state index contributed by atoms with van der Waals surface area (Å²) in [5.74, 6) is 0.986. The number of H-pyrrole nitrogens is 1. The van der Waals surface area contributed by atoms with Gasteiger partial charge in [-0.1, -0.05) is 61.0 Å². The largest absolute Gasteiger partial charge is 0.462 e. The Bertz CT molecular complexity index is 1540. The number of carbonyl (C=O) groups excluding carboxylic acids is 1. The molecule has 5 rings (SSSR count). The average molecular weight is 500 g/mol. The molecule has 3 aromatic carbocycles. The predicted octanol–water partition coefficient (Wildman–Crippen LogP) is 6.27. The molecule has 9 heteroatoms. The van der Waals surface area contributed by atoms with Gasteiger partial charge in [0.05, 0.1) is 17.8 Å². The van der Waals surface area contributed by atoms with Crippen molar-refractivity contribution in [3.63, 3.8) is 0 Å². The van der Waals surface area contributed by atoms with Crippen LogP contribution in [0, 0.1) is 0 Å². The number of hydrogen-bond donors (Lipinski definition) is 1. The molecular weight excluding hydrogens is 478 g/mol. The molecule has 0 amide bonds. The molecule has 0 aliphatic rings. The lowest BCUT2D eigenvalue weighted by Crippen LogP contribution is -2.10. The molecule has 0 atom stereocenters. The zero-order valence-electron chi connectivity index (χ0n) is 19.7. The van der Waals surface area contributed by atoms with Gasteiger partial charge in [0.1, 0.15) is 11.3 Å². The first kappa shape index (κ1) is 23.4. The van der Waals surface area contributed by atoms with Crippen LogP contribution in [-0.2, 0) is 11.2 Å². The van der Waals surface area contributed by atoms with Crippen molar-refractivity contribution in [3.05, 3.63) is 83.0 Å². The van der Waals surface area contributed by atoms with E-state index in [0.29, 0.717) is 50.9 Å². The second kappa shape index (κ2) is 10.1. The molecule has 5 aromatic rings. The Morgan fingerprint density at radius 3 is 2.47 bits per heavy atom. The molecular formula is C27H22ClN5O3. The maximum atomic E-state index is 13.0. The van der Waals surface area contributed by atoms with Gasteiger partial charge in [0, 0.05) is 16.0 Å². The smallest absolute Gasteiger partial charge is 0.342 e. The lowest BCUT2D eigenvalue weighted by Gasteiger charge is -2.17. The number of fused-ring (bicyclic) bond motifs is 1. The molecule has 0 saturated carbocycles. The molecule has 0 fully saturated rings. The van der Waals surface area contributed by atoms with Crippen LogP contribution in [0.5, 0.6) is 11.5 Å². The number of nitrogens with zero attached hydrogens (tertiary/aromatic N) is 4. The van der Waals surface area contributed by atoms with Crippen molar-refractivity contribution in [2.24, 2.45) is 0 Å². The van der Waals surface area contributed by atoms with E-state index in [1.807, 2.05) is 55.5 Å². The number of ether oxygens (including phenoxy) is 2. The van der Waals surface area contributed by atoms with Gasteiger partial charge < -0.3 is 9.47 Å². The first-order chi connectivity index (χ1) is 17.6. The number of pyridine rings is 1. The second-order valence-electron chi connectivity index (χ2n) is 7.91. The van der Waals surface area contributed by atoms with E-state index in [4.69, 9.17) is 26.1 Å². The first-order valence-electron chi connectivity index (χ1n) is 11.5. The van der Waals surface area contributed by atoms with Crippen molar-refractivity contribution in [1.82, 2.24) is 25.6 Å². The molecule has 180 valence electrons. The average Bonchev–Trinajstić information content (AvgIpc) is 3.44. The predicted molar refractivity (Wildman–Crippen MR) is 137 cm³/mol. The summed E-state index contributed by atoms with van der Waals surface area (Å²) in [5, 5.41) is 15.5. The zero-order chi connectivity index (χ0) is 25.1. The van der Waals surface area contributed by atoms with Gasteiger partial charge in [0.15, 0.2) is 5.75 Å². The third kappa shape index (κ3) is 4.50. The third-order valence-corrected chi connectivity index (χ3v) is 5.92. The number of carbonyl (C=O) groups is 1. The van der Waals surface area contributed by atoms with Gasteiger partial charge in [-0.15, -0.1) is 10.2 Å². The highest BCUT2D eigenvalue weighted by Gasteiger charge is 2.23. The molecule has 0 unspecified atom stereocenters. The molecule has 0 bridgehead atoms. The van der Waals surface area contributed by atoms with Gasteiger partial charge in [-0.05, 0) is 54.0 Å². The van der Waals surface area contributed by atoms with Gasteiger partial charge in [-0.25, -0.2) is 9.78 Å². The Morgan fingerprint density at radius 1 is 1.00 bits per heavy atom. The molecule has 0 spiro atoms. The number of tetrazole rings is 1. The molecule has 8 nitrogen and oxygen atoms in total. The fourth-order valence-corrected chi connectivity index (χ4v) is 4.22. The Labute approximate surface area is 212 Å². The van der Waals surface area contributed by atoms with E-state index in [-0.39, 0.29) is 6.61 Å². The monoisotopic (exact) mass is 499 g/mol. The lowest BCUT2D eigenvalue weighted by molar-refractivity contribution is 0.0525. The number of esters is 1. The number of benzene rings is 3. The minimum atomic E-state index is -0.470. The van der Waals surface area contributed by atoms with Gasteiger partial charge >= 0.3 is 5.97 Å². The quantitative estimate of drug-likeness (QED) is 0.263. The van der Waals surface area contributed by atoms with Crippen molar-refractivity contribution < 1.29 is 14.3 Å². The highest BCUT2D eigenvalue weighted by atomic mass is 35.5. The molecule has 0 radical (unpaired) electrons. The number of halogens is 1. The maximum absolute atomic E-state index is 13.0. The van der Waals surface area contributed by atoms with E-state index in [1.165, 1.54) is 0 Å². The number of nitrogens with one attached hydrogen (secondary N) is 1. The first-order valence-corrected chi connectivity index (χ1v) is 11.9.